The topological polar surface area (TPSA) is 78.1 Å². The van der Waals surface area contributed by atoms with Gasteiger partial charge >= 0.3 is 5.97 Å². The van der Waals surface area contributed by atoms with Crippen molar-refractivity contribution in [3.05, 3.63) is 5.82 Å². The van der Waals surface area contributed by atoms with E-state index in [-0.39, 0.29) is 11.0 Å². The molecule has 1 rings (SSSR count). The van der Waals surface area contributed by atoms with Gasteiger partial charge in [0.25, 0.3) is 5.82 Å². The minimum atomic E-state index is -0.562. The lowest BCUT2D eigenvalue weighted by atomic mass is 10.6. The number of nitrogen functional groups attached to an aromatic ring is 1. The lowest BCUT2D eigenvalue weighted by Gasteiger charge is -1.88. The molecule has 0 unspecified atom stereocenters. The fourth-order valence-corrected chi connectivity index (χ4v) is 0.832. The summed E-state index contributed by atoms with van der Waals surface area (Å²) in [6, 6.07) is 0. The first kappa shape index (κ1) is 6.94. The van der Waals surface area contributed by atoms with E-state index in [9.17, 15) is 4.79 Å². The van der Waals surface area contributed by atoms with Crippen LogP contribution >= 0.6 is 11.5 Å². The van der Waals surface area contributed by atoms with Crippen LogP contribution in [0.3, 0.4) is 0 Å². The van der Waals surface area contributed by atoms with Crippen molar-refractivity contribution >= 4 is 22.6 Å². The van der Waals surface area contributed by atoms with Crippen molar-refractivity contribution < 1.29 is 9.53 Å². The Morgan fingerprint density at radius 3 is 2.90 bits per heavy atom. The molecule has 0 aliphatic rings. The molecule has 6 heteroatoms. The van der Waals surface area contributed by atoms with Crippen LogP contribution < -0.4 is 5.73 Å². The number of hydrogen-bond acceptors (Lipinski definition) is 6. The van der Waals surface area contributed by atoms with Gasteiger partial charge in [-0.3, -0.25) is 0 Å². The smallest absolute Gasteiger partial charge is 0.377 e. The Labute approximate surface area is 61.0 Å². The molecule has 5 nitrogen and oxygen atoms in total. The van der Waals surface area contributed by atoms with Crippen LogP contribution in [-0.2, 0) is 4.74 Å². The first-order valence-electron chi connectivity index (χ1n) is 2.41. The van der Waals surface area contributed by atoms with Crippen molar-refractivity contribution in [2.75, 3.05) is 12.8 Å². The number of carbonyl (C=O) groups excluding carboxylic acids is 1. The highest BCUT2D eigenvalue weighted by molar-refractivity contribution is 7.09. The van der Waals surface area contributed by atoms with Gasteiger partial charge in [-0.05, 0) is 0 Å². The lowest BCUT2D eigenvalue weighted by molar-refractivity contribution is 0.0588. The molecule has 0 fully saturated rings. The van der Waals surface area contributed by atoms with Crippen molar-refractivity contribution in [1.29, 1.82) is 0 Å². The standard InChI is InChI=1S/C4H5N3O2S/c1-9-3(8)2-6-4(5)10-7-2/h1H3,(H2,5,6,7). The first-order valence-corrected chi connectivity index (χ1v) is 3.19. The van der Waals surface area contributed by atoms with E-state index in [1.54, 1.807) is 0 Å². The molecule has 0 aromatic carbocycles. The average molecular weight is 159 g/mol. The second-order valence-corrected chi connectivity index (χ2v) is 2.23. The zero-order valence-corrected chi connectivity index (χ0v) is 6.01. The molecule has 0 aliphatic heterocycles. The zero-order chi connectivity index (χ0) is 7.56. The summed E-state index contributed by atoms with van der Waals surface area (Å²) in [4.78, 5) is 14.2. The third-order valence-electron chi connectivity index (χ3n) is 0.810. The highest BCUT2D eigenvalue weighted by Crippen LogP contribution is 2.05. The fourth-order valence-electron chi connectivity index (χ4n) is 0.409. The third kappa shape index (κ3) is 1.21. The number of anilines is 1. The Balaban J connectivity index is 2.85. The number of methoxy groups -OCH3 is 1. The molecule has 1 aromatic heterocycles. The van der Waals surface area contributed by atoms with E-state index in [1.165, 1.54) is 7.11 Å². The maximum Gasteiger partial charge on any atom is 0.377 e. The Morgan fingerprint density at radius 1 is 1.80 bits per heavy atom. The molecule has 0 spiro atoms. The van der Waals surface area contributed by atoms with Crippen LogP contribution in [0.25, 0.3) is 0 Å². The van der Waals surface area contributed by atoms with Gasteiger partial charge in [-0.25, -0.2) is 4.79 Å². The molecule has 0 amide bonds. The molecule has 2 N–H and O–H groups in total. The molecule has 0 saturated carbocycles. The minimum absolute atomic E-state index is 0.0185. The highest BCUT2D eigenvalue weighted by Gasteiger charge is 2.10. The van der Waals surface area contributed by atoms with Crippen LogP contribution in [0.4, 0.5) is 5.13 Å². The van der Waals surface area contributed by atoms with Crippen molar-refractivity contribution in [1.82, 2.24) is 9.36 Å². The Kier molecular flexibility index (Phi) is 1.81. The lowest BCUT2D eigenvalue weighted by Crippen LogP contribution is -2.03. The van der Waals surface area contributed by atoms with E-state index < -0.39 is 5.97 Å². The molecular weight excluding hydrogens is 154 g/mol. The molecule has 1 heterocycles. The van der Waals surface area contributed by atoms with E-state index in [2.05, 4.69) is 14.1 Å². The van der Waals surface area contributed by atoms with Crippen LogP contribution in [0.15, 0.2) is 0 Å². The number of hydrogen-bond donors (Lipinski definition) is 1. The van der Waals surface area contributed by atoms with Crippen LogP contribution in [0, 0.1) is 0 Å². The molecule has 1 aromatic rings. The first-order chi connectivity index (χ1) is 4.74. The Bertz CT molecular complexity index is 246. The molecule has 0 radical (unpaired) electrons. The molecule has 0 atom stereocenters. The Hall–Kier alpha value is -1.17. The van der Waals surface area contributed by atoms with Gasteiger partial charge in [-0.2, -0.15) is 9.36 Å². The molecular formula is C4H5N3O2S. The number of nitrogens with zero attached hydrogens (tertiary/aromatic N) is 2. The average Bonchev–Trinajstić information content (AvgIpc) is 2.34. The van der Waals surface area contributed by atoms with E-state index in [1.807, 2.05) is 0 Å². The summed E-state index contributed by atoms with van der Waals surface area (Å²) in [5.41, 5.74) is 5.21. The van der Waals surface area contributed by atoms with Gasteiger partial charge in [-0.1, -0.05) is 0 Å². The molecule has 54 valence electrons. The van der Waals surface area contributed by atoms with Crippen molar-refractivity contribution in [3.63, 3.8) is 0 Å². The van der Waals surface area contributed by atoms with Crippen molar-refractivity contribution in [2.45, 2.75) is 0 Å². The second kappa shape index (κ2) is 2.61. The second-order valence-electron chi connectivity index (χ2n) is 1.45. The van der Waals surface area contributed by atoms with Gasteiger partial charge in [0.15, 0.2) is 5.13 Å². The maximum absolute atomic E-state index is 10.6. The number of aromatic nitrogens is 2. The molecule has 0 aliphatic carbocycles. The summed E-state index contributed by atoms with van der Waals surface area (Å²) in [5, 5.41) is 0.264. The zero-order valence-electron chi connectivity index (χ0n) is 5.20. The number of rotatable bonds is 1. The van der Waals surface area contributed by atoms with Gasteiger partial charge in [0, 0.05) is 11.5 Å². The summed E-state index contributed by atoms with van der Waals surface area (Å²) in [5.74, 6) is -0.544. The van der Waals surface area contributed by atoms with E-state index >= 15 is 0 Å². The van der Waals surface area contributed by atoms with E-state index in [0.29, 0.717) is 0 Å². The summed E-state index contributed by atoms with van der Waals surface area (Å²) in [6.07, 6.45) is 0. The van der Waals surface area contributed by atoms with E-state index in [0.717, 1.165) is 11.5 Å². The van der Waals surface area contributed by atoms with Gasteiger partial charge in [-0.15, -0.1) is 0 Å². The van der Waals surface area contributed by atoms with Gasteiger partial charge < -0.3 is 10.5 Å². The summed E-state index contributed by atoms with van der Waals surface area (Å²) < 4.78 is 7.95. The SMILES string of the molecule is COC(=O)c1nsc(N)n1. The van der Waals surface area contributed by atoms with Crippen LogP contribution in [-0.4, -0.2) is 22.4 Å². The van der Waals surface area contributed by atoms with Gasteiger partial charge in [0.2, 0.25) is 0 Å². The van der Waals surface area contributed by atoms with Crippen molar-refractivity contribution in [3.8, 4) is 0 Å². The largest absolute Gasteiger partial charge is 0.463 e. The van der Waals surface area contributed by atoms with Crippen LogP contribution in [0.2, 0.25) is 0 Å². The van der Waals surface area contributed by atoms with Gasteiger partial charge in [0.1, 0.15) is 0 Å². The van der Waals surface area contributed by atoms with Crippen LogP contribution in [0.1, 0.15) is 10.6 Å². The quantitative estimate of drug-likeness (QED) is 0.579. The monoisotopic (exact) mass is 159 g/mol. The summed E-state index contributed by atoms with van der Waals surface area (Å²) >= 11 is 0.964. The highest BCUT2D eigenvalue weighted by atomic mass is 32.1. The van der Waals surface area contributed by atoms with Crippen LogP contribution in [0.5, 0.6) is 0 Å². The molecule has 0 saturated heterocycles. The fraction of sp³-hybridized carbons (Fsp3) is 0.250. The number of nitrogens with two attached hydrogens (primary N) is 1. The minimum Gasteiger partial charge on any atom is -0.463 e. The number of esters is 1. The van der Waals surface area contributed by atoms with E-state index in [4.69, 9.17) is 5.73 Å². The summed E-state index contributed by atoms with van der Waals surface area (Å²) in [6.45, 7) is 0. The third-order valence-corrected chi connectivity index (χ3v) is 1.35. The maximum atomic E-state index is 10.6. The number of carbonyl (C=O) groups is 1. The summed E-state index contributed by atoms with van der Waals surface area (Å²) in [7, 11) is 1.26. The predicted octanol–water partition coefficient (Wildman–Crippen LogP) is -0.0931. The predicted molar refractivity (Wildman–Crippen MR) is 35.7 cm³/mol. The van der Waals surface area contributed by atoms with Gasteiger partial charge in [0.05, 0.1) is 7.11 Å². The molecule has 0 bridgehead atoms. The normalized spacial score (nSPS) is 9.30. The number of ether oxygens (including phenoxy) is 1. The molecule has 10 heavy (non-hydrogen) atoms. The Morgan fingerprint density at radius 2 is 2.50 bits per heavy atom. The van der Waals surface area contributed by atoms with Crippen molar-refractivity contribution in [2.24, 2.45) is 0 Å².